The summed E-state index contributed by atoms with van der Waals surface area (Å²) in [5.74, 6) is 1.25. The minimum absolute atomic E-state index is 0.0150. The number of benzene rings is 2. The summed E-state index contributed by atoms with van der Waals surface area (Å²) < 4.78 is 6.04. The molecule has 0 aliphatic heterocycles. The van der Waals surface area contributed by atoms with E-state index in [1.54, 1.807) is 12.1 Å². The largest absolute Gasteiger partial charge is 0.504 e. The minimum Gasteiger partial charge on any atom is -0.504 e. The van der Waals surface area contributed by atoms with Gasteiger partial charge in [-0.15, -0.1) is 0 Å². The van der Waals surface area contributed by atoms with Crippen molar-refractivity contribution in [1.82, 2.24) is 0 Å². The van der Waals surface area contributed by atoms with Crippen molar-refractivity contribution in [3.05, 3.63) is 59.2 Å². The number of hydrogen-bond donors (Lipinski definition) is 2. The van der Waals surface area contributed by atoms with Crippen LogP contribution < -0.4 is 0 Å². The zero-order valence-electron chi connectivity index (χ0n) is 16.8. The van der Waals surface area contributed by atoms with Crippen molar-refractivity contribution in [2.24, 2.45) is 17.3 Å². The van der Waals surface area contributed by atoms with Crippen LogP contribution in [0, 0.1) is 17.3 Å². The second-order valence-electron chi connectivity index (χ2n) is 9.34. The Bertz CT molecular complexity index is 937. The van der Waals surface area contributed by atoms with Gasteiger partial charge in [0.25, 0.3) is 0 Å². The molecule has 152 valence electrons. The quantitative estimate of drug-likeness (QED) is 0.546. The normalized spacial score (nSPS) is 32.7. The number of fused-ring (bicyclic) bond motifs is 5. The molecular weight excluding hydrogens is 364 g/mol. The van der Waals surface area contributed by atoms with Crippen LogP contribution in [0.4, 0.5) is 0 Å². The molecule has 2 aromatic carbocycles. The van der Waals surface area contributed by atoms with Crippen LogP contribution in [-0.2, 0) is 11.2 Å². The number of rotatable bonds is 2. The van der Waals surface area contributed by atoms with Gasteiger partial charge in [0.2, 0.25) is 0 Å². The Morgan fingerprint density at radius 2 is 1.79 bits per heavy atom. The summed E-state index contributed by atoms with van der Waals surface area (Å²) in [5, 5.41) is 19.9. The molecule has 5 atom stereocenters. The lowest BCUT2D eigenvalue weighted by Crippen LogP contribution is -2.45. The van der Waals surface area contributed by atoms with Crippen molar-refractivity contribution in [3.8, 4) is 11.5 Å². The molecule has 2 N–H and O–H groups in total. The van der Waals surface area contributed by atoms with Crippen LogP contribution in [0.5, 0.6) is 11.5 Å². The molecule has 2 fully saturated rings. The summed E-state index contributed by atoms with van der Waals surface area (Å²) in [7, 11) is 0. The van der Waals surface area contributed by atoms with Crippen LogP contribution >= 0.6 is 0 Å². The van der Waals surface area contributed by atoms with E-state index >= 15 is 0 Å². The molecule has 5 rings (SSSR count). The predicted octanol–water partition coefficient (Wildman–Crippen LogP) is 5.18. The number of aryl methyl sites for hydroxylation is 1. The summed E-state index contributed by atoms with van der Waals surface area (Å²) in [5.41, 5.74) is 3.02. The third kappa shape index (κ3) is 2.92. The summed E-state index contributed by atoms with van der Waals surface area (Å²) in [4.78, 5) is 12.7. The number of carbonyl (C=O) groups is 1. The van der Waals surface area contributed by atoms with E-state index in [9.17, 15) is 15.0 Å². The summed E-state index contributed by atoms with van der Waals surface area (Å²) in [6.45, 7) is 2.31. The van der Waals surface area contributed by atoms with E-state index in [-0.39, 0.29) is 29.0 Å². The summed E-state index contributed by atoms with van der Waals surface area (Å²) >= 11 is 0. The molecule has 0 amide bonds. The predicted molar refractivity (Wildman–Crippen MR) is 110 cm³/mol. The van der Waals surface area contributed by atoms with Crippen molar-refractivity contribution >= 4 is 5.97 Å². The average molecular weight is 392 g/mol. The molecule has 0 aromatic heterocycles. The van der Waals surface area contributed by atoms with Crippen LogP contribution in [0.3, 0.4) is 0 Å². The van der Waals surface area contributed by atoms with Gasteiger partial charge in [0.15, 0.2) is 11.5 Å². The first-order chi connectivity index (χ1) is 14.0. The Balaban J connectivity index is 1.38. The van der Waals surface area contributed by atoms with Gasteiger partial charge in [-0.3, -0.25) is 0 Å². The van der Waals surface area contributed by atoms with Gasteiger partial charge in [0.05, 0.1) is 5.56 Å². The zero-order chi connectivity index (χ0) is 20.2. The topological polar surface area (TPSA) is 66.8 Å². The number of phenolic OH excluding ortho intramolecular Hbond substituents is 2. The molecule has 0 spiro atoms. The Morgan fingerprint density at radius 1 is 1.03 bits per heavy atom. The maximum atomic E-state index is 12.7. The van der Waals surface area contributed by atoms with Gasteiger partial charge < -0.3 is 14.9 Å². The smallest absolute Gasteiger partial charge is 0.338 e. The molecule has 4 heteroatoms. The molecule has 3 aliphatic rings. The van der Waals surface area contributed by atoms with Gasteiger partial charge in [-0.25, -0.2) is 4.79 Å². The second kappa shape index (κ2) is 6.79. The highest BCUT2D eigenvalue weighted by Crippen LogP contribution is 2.62. The van der Waals surface area contributed by atoms with Crippen LogP contribution in [0.1, 0.15) is 66.4 Å². The fourth-order valence-electron chi connectivity index (χ4n) is 6.51. The molecule has 0 saturated heterocycles. The molecule has 0 radical (unpaired) electrons. The first kappa shape index (κ1) is 18.5. The van der Waals surface area contributed by atoms with Crippen LogP contribution in [0.25, 0.3) is 0 Å². The van der Waals surface area contributed by atoms with E-state index in [0.29, 0.717) is 23.3 Å². The molecule has 4 nitrogen and oxygen atoms in total. The van der Waals surface area contributed by atoms with Gasteiger partial charge in [0, 0.05) is 5.41 Å². The highest BCUT2D eigenvalue weighted by Gasteiger charge is 2.56. The van der Waals surface area contributed by atoms with E-state index in [0.717, 1.165) is 38.5 Å². The number of carbonyl (C=O) groups excluding carboxylic acids is 1. The van der Waals surface area contributed by atoms with Crippen molar-refractivity contribution in [2.75, 3.05) is 0 Å². The fraction of sp³-hybridized carbons (Fsp3) is 0.480. The fourth-order valence-corrected chi connectivity index (χ4v) is 6.51. The van der Waals surface area contributed by atoms with E-state index in [1.807, 2.05) is 30.3 Å². The second-order valence-corrected chi connectivity index (χ2v) is 9.34. The van der Waals surface area contributed by atoms with Crippen molar-refractivity contribution < 1.29 is 19.7 Å². The maximum Gasteiger partial charge on any atom is 0.338 e. The van der Waals surface area contributed by atoms with Gasteiger partial charge in [-0.05, 0) is 91.7 Å². The number of phenols is 2. The lowest BCUT2D eigenvalue weighted by molar-refractivity contribution is -0.0428. The summed E-state index contributed by atoms with van der Waals surface area (Å²) in [6, 6.07) is 12.8. The number of esters is 1. The Kier molecular flexibility index (Phi) is 4.34. The molecule has 0 bridgehead atoms. The van der Waals surface area contributed by atoms with Crippen molar-refractivity contribution in [2.45, 2.75) is 57.5 Å². The van der Waals surface area contributed by atoms with Gasteiger partial charge in [-0.2, -0.15) is 0 Å². The molecule has 2 aromatic rings. The third-order valence-electron chi connectivity index (χ3n) is 7.99. The Hall–Kier alpha value is -2.49. The molecular formula is C25H28O4. The first-order valence-corrected chi connectivity index (χ1v) is 10.8. The van der Waals surface area contributed by atoms with E-state index < -0.39 is 0 Å². The van der Waals surface area contributed by atoms with Crippen molar-refractivity contribution in [1.29, 1.82) is 0 Å². The van der Waals surface area contributed by atoms with E-state index in [1.165, 1.54) is 11.1 Å². The first-order valence-electron chi connectivity index (χ1n) is 10.8. The molecule has 0 unspecified atom stereocenters. The SMILES string of the molecule is C[C@]12CC[C@@H]3c4cc(O)c(O)cc4CC[C@H]3[C@@H]1CC[C@@H]2OC(=O)c1ccccc1. The van der Waals surface area contributed by atoms with E-state index in [4.69, 9.17) is 4.74 Å². The lowest BCUT2D eigenvalue weighted by atomic mass is 9.55. The molecule has 29 heavy (non-hydrogen) atoms. The number of ether oxygens (including phenoxy) is 1. The van der Waals surface area contributed by atoms with Crippen molar-refractivity contribution in [3.63, 3.8) is 0 Å². The Morgan fingerprint density at radius 3 is 2.59 bits per heavy atom. The average Bonchev–Trinajstić information content (AvgIpc) is 3.06. The number of aromatic hydroxyl groups is 2. The van der Waals surface area contributed by atoms with Crippen LogP contribution in [0.2, 0.25) is 0 Å². The highest BCUT2D eigenvalue weighted by molar-refractivity contribution is 5.89. The van der Waals surface area contributed by atoms with Gasteiger partial charge in [0.1, 0.15) is 6.10 Å². The minimum atomic E-state index is -0.214. The lowest BCUT2D eigenvalue weighted by Gasteiger charge is -2.50. The molecule has 3 aliphatic carbocycles. The van der Waals surface area contributed by atoms with Crippen LogP contribution in [0.15, 0.2) is 42.5 Å². The van der Waals surface area contributed by atoms with Gasteiger partial charge >= 0.3 is 5.97 Å². The van der Waals surface area contributed by atoms with Gasteiger partial charge in [-0.1, -0.05) is 25.1 Å². The summed E-state index contributed by atoms with van der Waals surface area (Å²) in [6.07, 6.45) is 6.07. The maximum absolute atomic E-state index is 12.7. The highest BCUT2D eigenvalue weighted by atomic mass is 16.5. The third-order valence-corrected chi connectivity index (χ3v) is 7.99. The standard InChI is InChI=1S/C25H28O4/c1-25-12-11-17-18(8-7-16-13-21(26)22(27)14-19(16)17)20(25)9-10-23(25)29-24(28)15-5-3-2-4-6-15/h2-6,13-14,17-18,20,23,26-27H,7-12H2,1H3/t17-,18+,20-,23-,25-/m0/s1. The van der Waals surface area contributed by atoms with E-state index in [2.05, 4.69) is 6.92 Å². The zero-order valence-corrected chi connectivity index (χ0v) is 16.8. The Labute approximate surface area is 171 Å². The molecule has 2 saturated carbocycles. The monoisotopic (exact) mass is 392 g/mol. The molecule has 0 heterocycles. The van der Waals surface area contributed by atoms with Crippen LogP contribution in [-0.4, -0.2) is 22.3 Å². The number of hydrogen-bond acceptors (Lipinski definition) is 4.